The average Bonchev–Trinajstić information content (AvgIpc) is 2.75. The number of halogens is 1. The first-order valence-corrected chi connectivity index (χ1v) is 7.48. The van der Waals surface area contributed by atoms with E-state index in [1.54, 1.807) is 11.3 Å². The Balaban J connectivity index is 1.94. The first-order valence-electron chi connectivity index (χ1n) is 6.29. The number of anilines is 1. The van der Waals surface area contributed by atoms with Crippen molar-refractivity contribution in [3.63, 3.8) is 0 Å². The van der Waals surface area contributed by atoms with Crippen molar-refractivity contribution in [1.29, 1.82) is 0 Å². The van der Waals surface area contributed by atoms with Crippen molar-refractivity contribution in [2.24, 2.45) is 0 Å². The van der Waals surface area contributed by atoms with Crippen LogP contribution in [0.3, 0.4) is 0 Å². The van der Waals surface area contributed by atoms with E-state index in [1.165, 1.54) is 4.88 Å². The van der Waals surface area contributed by atoms with Crippen molar-refractivity contribution in [3.8, 4) is 0 Å². The molecule has 0 fully saturated rings. The summed E-state index contributed by atoms with van der Waals surface area (Å²) >= 11 is 7.57. The third kappa shape index (κ3) is 4.49. The molecule has 0 saturated heterocycles. The van der Waals surface area contributed by atoms with Crippen LogP contribution in [-0.2, 0) is 13.1 Å². The van der Waals surface area contributed by atoms with Gasteiger partial charge in [-0.15, -0.1) is 11.3 Å². The summed E-state index contributed by atoms with van der Waals surface area (Å²) in [5, 5.41) is 3.30. The Kier molecular flexibility index (Phi) is 5.19. The van der Waals surface area contributed by atoms with Gasteiger partial charge in [-0.3, -0.25) is 9.88 Å². The molecule has 0 spiro atoms. The average molecular weight is 296 g/mol. The molecule has 0 unspecified atom stereocenters. The van der Waals surface area contributed by atoms with E-state index in [4.69, 9.17) is 11.6 Å². The predicted molar refractivity (Wildman–Crippen MR) is 82.9 cm³/mol. The molecule has 0 atom stereocenters. The number of aromatic nitrogens is 1. The second-order valence-corrected chi connectivity index (χ2v) is 6.24. The molecule has 102 valence electrons. The standard InChI is InChI=1S/C14H18ClN3S/c1-3-16-11-6-7-17-12(8-11)9-18(2)10-13-4-5-14(15)19-13/h4-8H,3,9-10H2,1-2H3,(H,16,17). The highest BCUT2D eigenvalue weighted by Crippen LogP contribution is 2.22. The monoisotopic (exact) mass is 295 g/mol. The molecule has 0 saturated carbocycles. The molecule has 3 nitrogen and oxygen atoms in total. The van der Waals surface area contributed by atoms with Crippen LogP contribution in [0, 0.1) is 0 Å². The molecule has 2 heterocycles. The second kappa shape index (κ2) is 6.89. The van der Waals surface area contributed by atoms with Crippen LogP contribution in [0.4, 0.5) is 5.69 Å². The number of pyridine rings is 1. The van der Waals surface area contributed by atoms with Gasteiger partial charge in [0, 0.05) is 36.4 Å². The largest absolute Gasteiger partial charge is 0.385 e. The van der Waals surface area contributed by atoms with Gasteiger partial charge < -0.3 is 5.32 Å². The van der Waals surface area contributed by atoms with E-state index in [-0.39, 0.29) is 0 Å². The van der Waals surface area contributed by atoms with E-state index in [2.05, 4.69) is 41.3 Å². The van der Waals surface area contributed by atoms with E-state index in [1.807, 2.05) is 18.3 Å². The number of hydrogen-bond acceptors (Lipinski definition) is 4. The number of rotatable bonds is 6. The molecule has 0 aliphatic rings. The van der Waals surface area contributed by atoms with Crippen molar-refractivity contribution in [2.45, 2.75) is 20.0 Å². The maximum absolute atomic E-state index is 5.94. The lowest BCUT2D eigenvalue weighted by Crippen LogP contribution is -2.17. The van der Waals surface area contributed by atoms with Crippen LogP contribution in [-0.4, -0.2) is 23.5 Å². The second-order valence-electron chi connectivity index (χ2n) is 4.44. The molecular weight excluding hydrogens is 278 g/mol. The van der Waals surface area contributed by atoms with Gasteiger partial charge in [-0.2, -0.15) is 0 Å². The Morgan fingerprint density at radius 3 is 2.84 bits per heavy atom. The lowest BCUT2D eigenvalue weighted by atomic mass is 10.3. The van der Waals surface area contributed by atoms with Gasteiger partial charge in [-0.25, -0.2) is 0 Å². The van der Waals surface area contributed by atoms with E-state index >= 15 is 0 Å². The van der Waals surface area contributed by atoms with Crippen LogP contribution < -0.4 is 5.32 Å². The van der Waals surface area contributed by atoms with Gasteiger partial charge in [0.15, 0.2) is 0 Å². The van der Waals surface area contributed by atoms with Crippen molar-refractivity contribution < 1.29 is 0 Å². The van der Waals surface area contributed by atoms with E-state index in [0.29, 0.717) is 0 Å². The normalized spacial score (nSPS) is 10.9. The molecule has 0 aliphatic heterocycles. The van der Waals surface area contributed by atoms with Gasteiger partial charge in [0.05, 0.1) is 10.0 Å². The molecule has 0 amide bonds. The van der Waals surface area contributed by atoms with Gasteiger partial charge in [-0.1, -0.05) is 11.6 Å². The van der Waals surface area contributed by atoms with Gasteiger partial charge >= 0.3 is 0 Å². The smallest absolute Gasteiger partial charge is 0.0931 e. The Morgan fingerprint density at radius 1 is 1.32 bits per heavy atom. The van der Waals surface area contributed by atoms with Crippen molar-refractivity contribution in [1.82, 2.24) is 9.88 Å². The third-order valence-electron chi connectivity index (χ3n) is 2.68. The van der Waals surface area contributed by atoms with Crippen molar-refractivity contribution >= 4 is 28.6 Å². The van der Waals surface area contributed by atoms with Crippen LogP contribution in [0.5, 0.6) is 0 Å². The quantitative estimate of drug-likeness (QED) is 0.877. The Labute approximate surface area is 123 Å². The van der Waals surface area contributed by atoms with Crippen LogP contribution in [0.25, 0.3) is 0 Å². The summed E-state index contributed by atoms with van der Waals surface area (Å²) < 4.78 is 0.843. The van der Waals surface area contributed by atoms with Gasteiger partial charge in [0.2, 0.25) is 0 Å². The highest BCUT2D eigenvalue weighted by molar-refractivity contribution is 7.16. The molecule has 5 heteroatoms. The highest BCUT2D eigenvalue weighted by atomic mass is 35.5. The van der Waals surface area contributed by atoms with Crippen LogP contribution in [0.15, 0.2) is 30.5 Å². The van der Waals surface area contributed by atoms with Crippen LogP contribution >= 0.6 is 22.9 Å². The first-order chi connectivity index (χ1) is 9.17. The molecular formula is C14H18ClN3S. The summed E-state index contributed by atoms with van der Waals surface area (Å²) in [7, 11) is 2.09. The predicted octanol–water partition coefficient (Wildman–Crippen LogP) is 3.86. The minimum absolute atomic E-state index is 0.828. The molecule has 2 aromatic rings. The molecule has 0 bridgehead atoms. The van der Waals surface area contributed by atoms with Gasteiger partial charge in [0.1, 0.15) is 0 Å². The molecule has 0 radical (unpaired) electrons. The minimum Gasteiger partial charge on any atom is -0.385 e. The number of thiophene rings is 1. The first kappa shape index (κ1) is 14.3. The van der Waals surface area contributed by atoms with Gasteiger partial charge in [-0.05, 0) is 38.2 Å². The summed E-state index contributed by atoms with van der Waals surface area (Å²) in [4.78, 5) is 7.91. The topological polar surface area (TPSA) is 28.2 Å². The van der Waals surface area contributed by atoms with E-state index < -0.39 is 0 Å². The number of nitrogens with zero attached hydrogens (tertiary/aromatic N) is 2. The van der Waals surface area contributed by atoms with Crippen LogP contribution in [0.1, 0.15) is 17.5 Å². The van der Waals surface area contributed by atoms with Crippen molar-refractivity contribution in [3.05, 3.63) is 45.4 Å². The fourth-order valence-electron chi connectivity index (χ4n) is 1.91. The SMILES string of the molecule is CCNc1ccnc(CN(C)Cc2ccc(Cl)s2)c1. The zero-order chi connectivity index (χ0) is 13.7. The zero-order valence-corrected chi connectivity index (χ0v) is 12.8. The molecule has 1 N–H and O–H groups in total. The Morgan fingerprint density at radius 2 is 2.16 bits per heavy atom. The molecule has 2 aromatic heterocycles. The lowest BCUT2D eigenvalue weighted by Gasteiger charge is -2.15. The van der Waals surface area contributed by atoms with E-state index in [0.717, 1.165) is 35.4 Å². The summed E-state index contributed by atoms with van der Waals surface area (Å²) in [5.41, 5.74) is 2.20. The number of hydrogen-bond donors (Lipinski definition) is 1. The number of nitrogens with one attached hydrogen (secondary N) is 1. The lowest BCUT2D eigenvalue weighted by molar-refractivity contribution is 0.318. The van der Waals surface area contributed by atoms with E-state index in [9.17, 15) is 0 Å². The fourth-order valence-corrected chi connectivity index (χ4v) is 3.08. The summed E-state index contributed by atoms with van der Waals surface area (Å²) in [6, 6.07) is 8.11. The summed E-state index contributed by atoms with van der Waals surface area (Å²) in [6.07, 6.45) is 1.85. The maximum Gasteiger partial charge on any atom is 0.0931 e. The van der Waals surface area contributed by atoms with Crippen molar-refractivity contribution in [2.75, 3.05) is 18.9 Å². The molecule has 19 heavy (non-hydrogen) atoms. The fraction of sp³-hybridized carbons (Fsp3) is 0.357. The molecule has 0 aliphatic carbocycles. The maximum atomic E-state index is 5.94. The zero-order valence-electron chi connectivity index (χ0n) is 11.2. The Hall–Kier alpha value is -1.10. The molecule has 2 rings (SSSR count). The van der Waals surface area contributed by atoms with Gasteiger partial charge in [0.25, 0.3) is 0 Å². The summed E-state index contributed by atoms with van der Waals surface area (Å²) in [5.74, 6) is 0. The highest BCUT2D eigenvalue weighted by Gasteiger charge is 2.05. The minimum atomic E-state index is 0.828. The Bertz CT molecular complexity index is 527. The third-order valence-corrected chi connectivity index (χ3v) is 3.90. The van der Waals surface area contributed by atoms with Crippen LogP contribution in [0.2, 0.25) is 4.34 Å². The summed E-state index contributed by atoms with van der Waals surface area (Å²) in [6.45, 7) is 4.74. The molecule has 0 aromatic carbocycles.